The number of nitrogens with zero attached hydrogens (tertiary/aromatic N) is 2. The van der Waals surface area contributed by atoms with Crippen LogP contribution in [0.2, 0.25) is 0 Å². The number of rotatable bonds is 4. The lowest BCUT2D eigenvalue weighted by Gasteiger charge is -2.09. The van der Waals surface area contributed by atoms with Crippen molar-refractivity contribution in [2.75, 3.05) is 0 Å². The number of hydrogen-bond donors (Lipinski definition) is 1. The SMILES string of the molecule is O=C(NCc1ccc(F)cc1)c1nc(-c2cccc(F)c2)n2c1CCCCC2. The van der Waals surface area contributed by atoms with Gasteiger partial charge in [0, 0.05) is 18.7 Å². The molecule has 28 heavy (non-hydrogen) atoms. The lowest BCUT2D eigenvalue weighted by molar-refractivity contribution is 0.0945. The van der Waals surface area contributed by atoms with E-state index in [1.165, 1.54) is 24.3 Å². The Balaban J connectivity index is 1.64. The van der Waals surface area contributed by atoms with Crippen molar-refractivity contribution in [1.82, 2.24) is 14.9 Å². The summed E-state index contributed by atoms with van der Waals surface area (Å²) in [5, 5.41) is 2.87. The summed E-state index contributed by atoms with van der Waals surface area (Å²) in [6.45, 7) is 1.06. The summed E-state index contributed by atoms with van der Waals surface area (Å²) in [4.78, 5) is 17.4. The van der Waals surface area contributed by atoms with Crippen LogP contribution in [-0.4, -0.2) is 15.5 Å². The number of aromatic nitrogens is 2. The predicted octanol–water partition coefficient (Wildman–Crippen LogP) is 4.48. The van der Waals surface area contributed by atoms with Gasteiger partial charge in [-0.1, -0.05) is 30.7 Å². The van der Waals surface area contributed by atoms with E-state index in [-0.39, 0.29) is 17.5 Å². The fourth-order valence-electron chi connectivity index (χ4n) is 3.62. The number of carbonyl (C=O) groups excluding carboxylic acids is 1. The minimum atomic E-state index is -0.328. The molecule has 3 aromatic rings. The second-order valence-electron chi connectivity index (χ2n) is 7.01. The van der Waals surface area contributed by atoms with E-state index >= 15 is 0 Å². The van der Waals surface area contributed by atoms with Crippen LogP contribution >= 0.6 is 0 Å². The fourth-order valence-corrected chi connectivity index (χ4v) is 3.62. The Bertz CT molecular complexity index is 996. The van der Waals surface area contributed by atoms with Gasteiger partial charge in [0.05, 0.1) is 5.69 Å². The number of carbonyl (C=O) groups is 1. The normalized spacial score (nSPS) is 13.6. The molecule has 1 aromatic heterocycles. The fraction of sp³-hybridized carbons (Fsp3) is 0.273. The quantitative estimate of drug-likeness (QED) is 0.724. The largest absolute Gasteiger partial charge is 0.347 e. The number of benzene rings is 2. The van der Waals surface area contributed by atoms with Crippen LogP contribution in [0.5, 0.6) is 0 Å². The molecule has 2 aromatic carbocycles. The number of fused-ring (bicyclic) bond motifs is 1. The summed E-state index contributed by atoms with van der Waals surface area (Å²) in [5.41, 5.74) is 2.77. The van der Waals surface area contributed by atoms with E-state index in [0.717, 1.165) is 43.5 Å². The second-order valence-corrected chi connectivity index (χ2v) is 7.01. The van der Waals surface area contributed by atoms with Gasteiger partial charge in [-0.05, 0) is 49.1 Å². The van der Waals surface area contributed by atoms with Gasteiger partial charge in [0.1, 0.15) is 23.2 Å². The van der Waals surface area contributed by atoms with Crippen LogP contribution in [0, 0.1) is 11.6 Å². The highest BCUT2D eigenvalue weighted by molar-refractivity contribution is 5.94. The van der Waals surface area contributed by atoms with E-state index < -0.39 is 0 Å². The zero-order valence-corrected chi connectivity index (χ0v) is 15.4. The van der Waals surface area contributed by atoms with Crippen molar-refractivity contribution in [2.45, 2.75) is 38.8 Å². The van der Waals surface area contributed by atoms with E-state index in [4.69, 9.17) is 0 Å². The minimum absolute atomic E-state index is 0.266. The summed E-state index contributed by atoms with van der Waals surface area (Å²) in [7, 11) is 0. The third-order valence-electron chi connectivity index (χ3n) is 5.03. The van der Waals surface area contributed by atoms with Crippen LogP contribution in [0.15, 0.2) is 48.5 Å². The average Bonchev–Trinajstić information content (AvgIpc) is 2.88. The molecule has 6 heteroatoms. The van der Waals surface area contributed by atoms with Crippen LogP contribution in [0.1, 0.15) is 41.0 Å². The maximum Gasteiger partial charge on any atom is 0.272 e. The van der Waals surface area contributed by atoms with Gasteiger partial charge in [-0.2, -0.15) is 0 Å². The maximum absolute atomic E-state index is 13.7. The molecule has 1 aliphatic heterocycles. The van der Waals surface area contributed by atoms with Crippen LogP contribution in [0.25, 0.3) is 11.4 Å². The molecule has 0 aliphatic carbocycles. The summed E-state index contributed by atoms with van der Waals surface area (Å²) >= 11 is 0. The van der Waals surface area contributed by atoms with E-state index in [1.807, 2.05) is 6.07 Å². The number of nitrogens with one attached hydrogen (secondary N) is 1. The Morgan fingerprint density at radius 3 is 2.64 bits per heavy atom. The molecule has 0 saturated carbocycles. The summed E-state index contributed by atoms with van der Waals surface area (Å²) in [5.74, 6) is -0.277. The number of amides is 1. The molecular weight excluding hydrogens is 360 g/mol. The van der Waals surface area contributed by atoms with Gasteiger partial charge in [-0.3, -0.25) is 4.79 Å². The first kappa shape index (κ1) is 18.3. The zero-order valence-electron chi connectivity index (χ0n) is 15.4. The molecule has 1 N–H and O–H groups in total. The van der Waals surface area contributed by atoms with Gasteiger partial charge in [-0.15, -0.1) is 0 Å². The highest BCUT2D eigenvalue weighted by Crippen LogP contribution is 2.27. The predicted molar refractivity (Wildman–Crippen MR) is 103 cm³/mol. The first-order chi connectivity index (χ1) is 13.6. The first-order valence-corrected chi connectivity index (χ1v) is 9.50. The van der Waals surface area contributed by atoms with Gasteiger partial charge in [0.25, 0.3) is 5.91 Å². The van der Waals surface area contributed by atoms with Crippen molar-refractivity contribution in [3.8, 4) is 11.4 Å². The smallest absolute Gasteiger partial charge is 0.272 e. The van der Waals surface area contributed by atoms with Crippen LogP contribution in [-0.2, 0) is 19.5 Å². The molecule has 0 atom stereocenters. The molecule has 1 aliphatic rings. The number of halogens is 2. The monoisotopic (exact) mass is 381 g/mol. The van der Waals surface area contributed by atoms with Gasteiger partial charge < -0.3 is 9.88 Å². The zero-order chi connectivity index (χ0) is 19.5. The molecule has 0 fully saturated rings. The molecular formula is C22H21F2N3O. The van der Waals surface area contributed by atoms with E-state index in [2.05, 4.69) is 14.9 Å². The lowest BCUT2D eigenvalue weighted by atomic mass is 10.1. The highest BCUT2D eigenvalue weighted by Gasteiger charge is 2.24. The van der Waals surface area contributed by atoms with Gasteiger partial charge in [-0.25, -0.2) is 13.8 Å². The first-order valence-electron chi connectivity index (χ1n) is 9.50. The van der Waals surface area contributed by atoms with Gasteiger partial charge in [0.2, 0.25) is 0 Å². The van der Waals surface area contributed by atoms with Crippen molar-refractivity contribution in [1.29, 1.82) is 0 Å². The molecule has 2 heterocycles. The number of hydrogen-bond acceptors (Lipinski definition) is 2. The maximum atomic E-state index is 13.7. The van der Waals surface area contributed by atoms with Gasteiger partial charge in [0.15, 0.2) is 0 Å². The Morgan fingerprint density at radius 2 is 1.86 bits per heavy atom. The minimum Gasteiger partial charge on any atom is -0.347 e. The van der Waals surface area contributed by atoms with Gasteiger partial charge >= 0.3 is 0 Å². The lowest BCUT2D eigenvalue weighted by Crippen LogP contribution is -2.24. The molecule has 4 rings (SSSR count). The number of imidazole rings is 1. The van der Waals surface area contributed by atoms with Crippen molar-refractivity contribution >= 4 is 5.91 Å². The van der Waals surface area contributed by atoms with Crippen molar-refractivity contribution in [2.24, 2.45) is 0 Å². The molecule has 1 amide bonds. The molecule has 144 valence electrons. The topological polar surface area (TPSA) is 46.9 Å². The van der Waals surface area contributed by atoms with Crippen molar-refractivity contribution in [3.63, 3.8) is 0 Å². The standard InChI is InChI=1S/C22H21F2N3O/c23-17-10-8-15(9-11-17)14-25-22(28)20-19-7-2-1-3-12-27(19)21(26-20)16-5-4-6-18(24)13-16/h4-6,8-11,13H,1-3,7,12,14H2,(H,25,28). The Kier molecular flexibility index (Phi) is 5.19. The van der Waals surface area contributed by atoms with Crippen LogP contribution in [0.3, 0.4) is 0 Å². The molecule has 4 nitrogen and oxygen atoms in total. The Morgan fingerprint density at radius 1 is 1.04 bits per heavy atom. The van der Waals surface area contributed by atoms with E-state index in [1.54, 1.807) is 18.2 Å². The summed E-state index contributed by atoms with van der Waals surface area (Å²) in [6.07, 6.45) is 3.84. The third-order valence-corrected chi connectivity index (χ3v) is 5.03. The Labute approximate surface area is 162 Å². The van der Waals surface area contributed by atoms with E-state index in [0.29, 0.717) is 23.6 Å². The van der Waals surface area contributed by atoms with E-state index in [9.17, 15) is 13.6 Å². The van der Waals surface area contributed by atoms with Crippen LogP contribution in [0.4, 0.5) is 8.78 Å². The summed E-state index contributed by atoms with van der Waals surface area (Å²) < 4.78 is 28.8. The van der Waals surface area contributed by atoms with Crippen molar-refractivity contribution < 1.29 is 13.6 Å². The molecule has 0 bridgehead atoms. The molecule has 0 unspecified atom stereocenters. The van der Waals surface area contributed by atoms with Crippen LogP contribution < -0.4 is 5.32 Å². The molecule has 0 radical (unpaired) electrons. The van der Waals surface area contributed by atoms with Crippen molar-refractivity contribution in [3.05, 3.63) is 77.1 Å². The third kappa shape index (κ3) is 3.81. The Hall–Kier alpha value is -3.02. The average molecular weight is 381 g/mol. The molecule has 0 spiro atoms. The molecule has 0 saturated heterocycles. The highest BCUT2D eigenvalue weighted by atomic mass is 19.1. The second kappa shape index (κ2) is 7.92. The summed E-state index contributed by atoms with van der Waals surface area (Å²) in [6, 6.07) is 12.3.